The minimum Gasteiger partial charge on any atom is -0.437 e. The van der Waals surface area contributed by atoms with Gasteiger partial charge in [0.15, 0.2) is 0 Å². The number of ketones is 2. The van der Waals surface area contributed by atoms with E-state index in [1.807, 2.05) is 68.4 Å². The van der Waals surface area contributed by atoms with Crippen molar-refractivity contribution in [2.45, 2.75) is 70.8 Å². The largest absolute Gasteiger partial charge is 0.437 e. The van der Waals surface area contributed by atoms with Gasteiger partial charge in [0.25, 0.3) is 0 Å². The van der Waals surface area contributed by atoms with Crippen LogP contribution in [0.3, 0.4) is 0 Å². The molecule has 0 saturated carbocycles. The highest BCUT2D eigenvalue weighted by molar-refractivity contribution is 6.15. The molecule has 0 unspecified atom stereocenters. The van der Waals surface area contributed by atoms with Crippen LogP contribution >= 0.6 is 0 Å². The molecule has 2 aromatic rings. The Labute approximate surface area is 187 Å². The molecule has 2 N–H and O–H groups in total. The Morgan fingerprint density at radius 1 is 1.06 bits per heavy atom. The van der Waals surface area contributed by atoms with Gasteiger partial charge >= 0.3 is 0 Å². The predicted molar refractivity (Wildman–Crippen MR) is 127 cm³/mol. The first-order valence-electron chi connectivity index (χ1n) is 11.2. The third kappa shape index (κ3) is 7.07. The van der Waals surface area contributed by atoms with Gasteiger partial charge < -0.3 is 10.3 Å². The van der Waals surface area contributed by atoms with Gasteiger partial charge in [0.2, 0.25) is 7.98 Å². The molecule has 164 valence electrons. The van der Waals surface area contributed by atoms with Crippen LogP contribution in [0, 0.1) is 5.92 Å². The summed E-state index contributed by atoms with van der Waals surface area (Å²) in [6.45, 7) is 5.45. The smallest absolute Gasteiger partial charge is 0.222 e. The van der Waals surface area contributed by atoms with Crippen molar-refractivity contribution in [1.82, 2.24) is 0 Å². The van der Waals surface area contributed by atoms with Crippen molar-refractivity contribution in [3.63, 3.8) is 0 Å². The van der Waals surface area contributed by atoms with Crippen LogP contribution in [0.4, 0.5) is 5.69 Å². The molecule has 0 spiro atoms. The van der Waals surface area contributed by atoms with Gasteiger partial charge in [-0.3, -0.25) is 9.59 Å². The van der Waals surface area contributed by atoms with Gasteiger partial charge in [-0.05, 0) is 55.9 Å². The van der Waals surface area contributed by atoms with E-state index in [1.165, 1.54) is 6.92 Å². The Balaban J connectivity index is 2.23. The van der Waals surface area contributed by atoms with Crippen LogP contribution < -0.4 is 5.23 Å². The second-order valence-corrected chi connectivity index (χ2v) is 8.48. The molecule has 5 heteroatoms. The lowest BCUT2D eigenvalue weighted by molar-refractivity contribution is -0.136. The van der Waals surface area contributed by atoms with Crippen LogP contribution in [0.2, 0.25) is 0 Å². The normalized spacial score (nSPS) is 15.0. The highest BCUT2D eigenvalue weighted by Crippen LogP contribution is 2.34. The summed E-state index contributed by atoms with van der Waals surface area (Å²) >= 11 is 0. The molecule has 0 amide bonds. The summed E-state index contributed by atoms with van der Waals surface area (Å²) < 4.78 is 0. The Morgan fingerprint density at radius 2 is 1.77 bits per heavy atom. The number of carbonyl (C=O) groups is 2. The molecule has 4 nitrogen and oxygen atoms in total. The summed E-state index contributed by atoms with van der Waals surface area (Å²) in [5.41, 5.74) is 1.64. The Hall–Kier alpha value is -2.40. The highest BCUT2D eigenvalue weighted by Gasteiger charge is 2.37. The maximum absolute atomic E-state index is 13.4. The molecule has 2 rings (SSSR count). The fourth-order valence-corrected chi connectivity index (χ4v) is 4.48. The number of hydrogen-bond donors (Lipinski definition) is 2. The quantitative estimate of drug-likeness (QED) is 0.354. The molecule has 0 aliphatic heterocycles. The maximum Gasteiger partial charge on any atom is 0.222 e. The van der Waals surface area contributed by atoms with Crippen LogP contribution in [0.15, 0.2) is 54.6 Å². The Bertz CT molecular complexity index is 855. The van der Waals surface area contributed by atoms with E-state index in [9.17, 15) is 14.7 Å². The van der Waals surface area contributed by atoms with Gasteiger partial charge in [-0.25, -0.2) is 0 Å². The lowest BCUT2D eigenvalue weighted by atomic mass is 9.75. The van der Waals surface area contributed by atoms with Crippen molar-refractivity contribution in [3.05, 3.63) is 65.7 Å². The molecule has 2 aromatic carbocycles. The van der Waals surface area contributed by atoms with Crippen LogP contribution in [0.5, 0.6) is 0 Å². The van der Waals surface area contributed by atoms with Crippen LogP contribution in [0.25, 0.3) is 0 Å². The van der Waals surface area contributed by atoms with Gasteiger partial charge in [-0.1, -0.05) is 62.7 Å². The van der Waals surface area contributed by atoms with Gasteiger partial charge in [0, 0.05) is 18.0 Å². The lowest BCUT2D eigenvalue weighted by Gasteiger charge is -2.31. The summed E-state index contributed by atoms with van der Waals surface area (Å²) in [6, 6.07) is 17.5. The molecule has 2 radical (unpaired) electrons. The fourth-order valence-electron chi connectivity index (χ4n) is 4.48. The zero-order chi connectivity index (χ0) is 22.9. The highest BCUT2D eigenvalue weighted by atomic mass is 16.3. The predicted octanol–water partition coefficient (Wildman–Crippen LogP) is 5.00. The number of nitrogens with one attached hydrogen (secondary N) is 1. The number of Topliss-reactive ketones (excluding diaryl/α,β-unsaturated/α-hetero) is 2. The second-order valence-electron chi connectivity index (χ2n) is 8.48. The van der Waals surface area contributed by atoms with Crippen LogP contribution in [-0.4, -0.2) is 30.3 Å². The van der Waals surface area contributed by atoms with Gasteiger partial charge in [-0.2, -0.15) is 0 Å². The number of anilines is 1. The van der Waals surface area contributed by atoms with Crippen molar-refractivity contribution >= 4 is 25.2 Å². The minimum atomic E-state index is -1.12. The standard InChI is InChI=1S/C26H34BNO3/c1-4-15-26(31,16-14-20-10-7-6-8-11-20)18-24(30)25(19(3)29)23(5-2)21-12-9-13-22(17-21)28-27/h6-13,17,23,25,28,31H,4-5,14-16,18H2,1-3H3/t23-,25+,26-/m1/s1. The van der Waals surface area contributed by atoms with E-state index in [4.69, 9.17) is 7.98 Å². The van der Waals surface area contributed by atoms with Gasteiger partial charge in [0.1, 0.15) is 11.6 Å². The Morgan fingerprint density at radius 3 is 2.35 bits per heavy atom. The van der Waals surface area contributed by atoms with Crippen molar-refractivity contribution in [2.75, 3.05) is 5.23 Å². The topological polar surface area (TPSA) is 66.4 Å². The molecule has 0 fully saturated rings. The average molecular weight is 419 g/mol. The summed E-state index contributed by atoms with van der Waals surface area (Å²) in [5, 5.41) is 13.9. The summed E-state index contributed by atoms with van der Waals surface area (Å²) in [5.74, 6) is -1.38. The molecule has 0 aliphatic carbocycles. The number of rotatable bonds is 13. The second kappa shape index (κ2) is 11.9. The van der Waals surface area contributed by atoms with E-state index in [0.29, 0.717) is 25.7 Å². The number of aryl methyl sites for hydroxylation is 1. The monoisotopic (exact) mass is 419 g/mol. The summed E-state index contributed by atoms with van der Waals surface area (Å²) in [4.78, 5) is 26.0. The van der Waals surface area contributed by atoms with Crippen LogP contribution in [-0.2, 0) is 16.0 Å². The third-order valence-corrected chi connectivity index (χ3v) is 6.05. The summed E-state index contributed by atoms with van der Waals surface area (Å²) in [7, 11) is 5.54. The fraction of sp³-hybridized carbons (Fsp3) is 0.462. The van der Waals surface area contributed by atoms with Crippen LogP contribution in [0.1, 0.15) is 69.9 Å². The van der Waals surface area contributed by atoms with E-state index >= 15 is 0 Å². The molecule has 0 heterocycles. The molecule has 0 aliphatic rings. The molecule has 3 atom stereocenters. The average Bonchev–Trinajstić information content (AvgIpc) is 2.76. The van der Waals surface area contributed by atoms with Gasteiger partial charge in [0.05, 0.1) is 11.5 Å². The maximum atomic E-state index is 13.4. The molecule has 0 saturated heterocycles. The SMILES string of the molecule is [B]Nc1cccc([C@@H](CC)[C@H](C(C)=O)C(=O)C[C@@](O)(CCC)CCc2ccccc2)c1. The molecule has 31 heavy (non-hydrogen) atoms. The first-order chi connectivity index (χ1) is 14.8. The number of carbonyl (C=O) groups excluding carboxylic acids is 2. The molecule has 0 aromatic heterocycles. The van der Waals surface area contributed by atoms with Crippen molar-refractivity contribution in [3.8, 4) is 0 Å². The third-order valence-electron chi connectivity index (χ3n) is 6.05. The van der Waals surface area contributed by atoms with Crippen molar-refractivity contribution in [1.29, 1.82) is 0 Å². The summed E-state index contributed by atoms with van der Waals surface area (Å²) in [6.07, 6.45) is 3.11. The molecular weight excluding hydrogens is 385 g/mol. The van der Waals surface area contributed by atoms with E-state index in [1.54, 1.807) is 0 Å². The van der Waals surface area contributed by atoms with Crippen molar-refractivity contribution in [2.24, 2.45) is 5.92 Å². The number of hydrogen-bond acceptors (Lipinski definition) is 4. The minimum absolute atomic E-state index is 0.0107. The van der Waals surface area contributed by atoms with E-state index in [-0.39, 0.29) is 23.9 Å². The number of benzene rings is 2. The molecule has 0 bridgehead atoms. The molecular formula is C26H34BNO3. The zero-order valence-electron chi connectivity index (χ0n) is 18.9. The van der Waals surface area contributed by atoms with E-state index < -0.39 is 11.5 Å². The van der Waals surface area contributed by atoms with E-state index in [0.717, 1.165) is 23.2 Å². The van der Waals surface area contributed by atoms with Crippen molar-refractivity contribution < 1.29 is 14.7 Å². The first-order valence-corrected chi connectivity index (χ1v) is 11.2. The van der Waals surface area contributed by atoms with E-state index in [2.05, 4.69) is 5.23 Å². The Kier molecular flexibility index (Phi) is 9.51. The zero-order valence-corrected chi connectivity index (χ0v) is 18.9. The lowest BCUT2D eigenvalue weighted by Crippen LogP contribution is -2.38. The number of aliphatic hydroxyl groups is 1. The first kappa shape index (κ1) is 24.9. The van der Waals surface area contributed by atoms with Gasteiger partial charge in [-0.15, -0.1) is 0 Å².